The van der Waals surface area contributed by atoms with E-state index in [2.05, 4.69) is 32.0 Å². The lowest BCUT2D eigenvalue weighted by molar-refractivity contribution is -0.131. The SMILES string of the molecule is Cn1cc(CC(=O)N2CCc3nc(NC(=O)c4ccccn4)sc3C2)c2ccccc21. The molecule has 0 saturated carbocycles. The zero-order valence-corrected chi connectivity index (χ0v) is 17.9. The van der Waals surface area contributed by atoms with E-state index in [0.29, 0.717) is 36.8 Å². The number of aryl methyl sites for hydroxylation is 1. The lowest BCUT2D eigenvalue weighted by atomic mass is 10.1. The lowest BCUT2D eigenvalue weighted by Gasteiger charge is -2.26. The number of hydrogen-bond donors (Lipinski definition) is 1. The molecule has 31 heavy (non-hydrogen) atoms. The van der Waals surface area contributed by atoms with Crippen molar-refractivity contribution >= 4 is 39.2 Å². The minimum absolute atomic E-state index is 0.106. The second kappa shape index (κ2) is 7.96. The summed E-state index contributed by atoms with van der Waals surface area (Å²) < 4.78 is 2.06. The van der Waals surface area contributed by atoms with Crippen molar-refractivity contribution in [3.05, 3.63) is 76.7 Å². The van der Waals surface area contributed by atoms with E-state index in [-0.39, 0.29) is 11.8 Å². The molecule has 1 aromatic carbocycles. The van der Waals surface area contributed by atoms with Gasteiger partial charge in [-0.3, -0.25) is 19.9 Å². The summed E-state index contributed by atoms with van der Waals surface area (Å²) in [7, 11) is 2.00. The second-order valence-corrected chi connectivity index (χ2v) is 8.67. The van der Waals surface area contributed by atoms with Gasteiger partial charge >= 0.3 is 0 Å². The molecule has 1 aliphatic rings. The van der Waals surface area contributed by atoms with Crippen LogP contribution in [0.4, 0.5) is 5.13 Å². The number of carbonyl (C=O) groups excluding carboxylic acids is 2. The second-order valence-electron chi connectivity index (χ2n) is 7.58. The van der Waals surface area contributed by atoms with E-state index in [0.717, 1.165) is 27.0 Å². The molecule has 1 aliphatic heterocycles. The van der Waals surface area contributed by atoms with Crippen molar-refractivity contribution < 1.29 is 9.59 Å². The number of fused-ring (bicyclic) bond motifs is 2. The minimum Gasteiger partial charge on any atom is -0.350 e. The van der Waals surface area contributed by atoms with Crippen LogP contribution in [0.5, 0.6) is 0 Å². The first-order chi connectivity index (χ1) is 15.1. The molecule has 2 amide bonds. The number of rotatable bonds is 4. The Bertz CT molecular complexity index is 1280. The van der Waals surface area contributed by atoms with E-state index in [4.69, 9.17) is 0 Å². The number of pyridine rings is 1. The molecule has 0 unspecified atom stereocenters. The zero-order chi connectivity index (χ0) is 21.4. The maximum absolute atomic E-state index is 13.0. The van der Waals surface area contributed by atoms with Gasteiger partial charge in [-0.15, -0.1) is 0 Å². The molecule has 5 rings (SSSR count). The summed E-state index contributed by atoms with van der Waals surface area (Å²) in [4.78, 5) is 36.9. The van der Waals surface area contributed by atoms with Crippen molar-refractivity contribution in [1.82, 2.24) is 19.4 Å². The Kier molecular flexibility index (Phi) is 4.99. The number of nitrogens with zero attached hydrogens (tertiary/aromatic N) is 4. The summed E-state index contributed by atoms with van der Waals surface area (Å²) in [6.07, 6.45) is 4.68. The van der Waals surface area contributed by atoms with Crippen LogP contribution < -0.4 is 5.32 Å². The molecular formula is C23H21N5O2S. The number of aromatic nitrogens is 3. The minimum atomic E-state index is -0.282. The summed E-state index contributed by atoms with van der Waals surface area (Å²) in [6, 6.07) is 13.3. The predicted molar refractivity (Wildman–Crippen MR) is 120 cm³/mol. The van der Waals surface area contributed by atoms with Crippen molar-refractivity contribution in [2.24, 2.45) is 7.05 Å². The Hall–Kier alpha value is -3.52. The van der Waals surface area contributed by atoms with E-state index < -0.39 is 0 Å². The predicted octanol–water partition coefficient (Wildman–Crippen LogP) is 3.41. The first-order valence-electron chi connectivity index (χ1n) is 10.1. The largest absolute Gasteiger partial charge is 0.350 e. The highest BCUT2D eigenvalue weighted by atomic mass is 32.1. The van der Waals surface area contributed by atoms with Gasteiger partial charge < -0.3 is 9.47 Å². The standard InChI is InChI=1S/C23H21N5O2S/c1-27-13-15(16-6-2-3-8-19(16)27)12-21(29)28-11-9-17-20(14-28)31-23(25-17)26-22(30)18-7-4-5-10-24-18/h2-8,10,13H,9,11-12,14H2,1H3,(H,25,26,30). The topological polar surface area (TPSA) is 80.1 Å². The Labute approximate surface area is 183 Å². The van der Waals surface area contributed by atoms with Crippen LogP contribution in [0, 0.1) is 0 Å². The van der Waals surface area contributed by atoms with Gasteiger partial charge in [-0.2, -0.15) is 0 Å². The molecule has 0 bridgehead atoms. The van der Waals surface area contributed by atoms with Crippen LogP contribution >= 0.6 is 11.3 Å². The van der Waals surface area contributed by atoms with Crippen molar-refractivity contribution in [3.8, 4) is 0 Å². The Morgan fingerprint density at radius 2 is 2.00 bits per heavy atom. The van der Waals surface area contributed by atoms with E-state index in [1.165, 1.54) is 11.3 Å². The Morgan fingerprint density at radius 3 is 2.84 bits per heavy atom. The fourth-order valence-electron chi connectivity index (χ4n) is 3.96. The van der Waals surface area contributed by atoms with Crippen LogP contribution in [0.3, 0.4) is 0 Å². The molecular weight excluding hydrogens is 410 g/mol. The summed E-state index contributed by atoms with van der Waals surface area (Å²) in [6.45, 7) is 1.16. The van der Waals surface area contributed by atoms with Gasteiger partial charge in [0.1, 0.15) is 5.69 Å². The van der Waals surface area contributed by atoms with Gasteiger partial charge in [0.15, 0.2) is 5.13 Å². The monoisotopic (exact) mass is 431 g/mol. The molecule has 1 N–H and O–H groups in total. The molecule has 8 heteroatoms. The molecule has 0 aliphatic carbocycles. The molecule has 0 radical (unpaired) electrons. The van der Waals surface area contributed by atoms with Crippen molar-refractivity contribution in [2.75, 3.05) is 11.9 Å². The van der Waals surface area contributed by atoms with E-state index in [1.807, 2.05) is 30.3 Å². The van der Waals surface area contributed by atoms with E-state index >= 15 is 0 Å². The van der Waals surface area contributed by atoms with Crippen molar-refractivity contribution in [3.63, 3.8) is 0 Å². The zero-order valence-electron chi connectivity index (χ0n) is 17.0. The molecule has 156 valence electrons. The van der Waals surface area contributed by atoms with Gasteiger partial charge in [0.2, 0.25) is 5.91 Å². The number of para-hydroxylation sites is 1. The number of hydrogen-bond acceptors (Lipinski definition) is 5. The number of amides is 2. The average molecular weight is 432 g/mol. The summed E-state index contributed by atoms with van der Waals surface area (Å²) in [5.41, 5.74) is 3.47. The van der Waals surface area contributed by atoms with Crippen molar-refractivity contribution in [2.45, 2.75) is 19.4 Å². The molecule has 7 nitrogen and oxygen atoms in total. The van der Waals surface area contributed by atoms with Crippen LogP contribution in [0.25, 0.3) is 10.9 Å². The van der Waals surface area contributed by atoms with Crippen LogP contribution in [-0.2, 0) is 31.2 Å². The first kappa shape index (κ1) is 19.4. The third kappa shape index (κ3) is 3.82. The van der Waals surface area contributed by atoms with Crippen LogP contribution in [-0.4, -0.2) is 37.8 Å². The fourth-order valence-corrected chi connectivity index (χ4v) is 4.98. The van der Waals surface area contributed by atoms with Gasteiger partial charge in [-0.25, -0.2) is 4.98 Å². The number of thiazole rings is 1. The van der Waals surface area contributed by atoms with E-state index in [1.54, 1.807) is 24.4 Å². The third-order valence-electron chi connectivity index (χ3n) is 5.52. The molecule has 0 spiro atoms. The number of nitrogens with one attached hydrogen (secondary N) is 1. The number of carbonyl (C=O) groups is 2. The molecule has 4 heterocycles. The van der Waals surface area contributed by atoms with Crippen molar-refractivity contribution in [1.29, 1.82) is 0 Å². The molecule has 0 atom stereocenters. The summed E-state index contributed by atoms with van der Waals surface area (Å²) in [5.74, 6) is -0.176. The highest BCUT2D eigenvalue weighted by Crippen LogP contribution is 2.29. The van der Waals surface area contributed by atoms with Gasteiger partial charge in [0.25, 0.3) is 5.91 Å². The molecule has 4 aromatic rings. The normalized spacial score (nSPS) is 13.3. The maximum atomic E-state index is 13.0. The quantitative estimate of drug-likeness (QED) is 0.537. The molecule has 3 aromatic heterocycles. The molecule has 0 fully saturated rings. The summed E-state index contributed by atoms with van der Waals surface area (Å²) >= 11 is 1.42. The maximum Gasteiger partial charge on any atom is 0.276 e. The Morgan fingerprint density at radius 1 is 1.16 bits per heavy atom. The van der Waals surface area contributed by atoms with Gasteiger partial charge in [-0.1, -0.05) is 35.6 Å². The number of anilines is 1. The fraction of sp³-hybridized carbons (Fsp3) is 0.217. The number of benzene rings is 1. The first-order valence-corrected chi connectivity index (χ1v) is 10.9. The smallest absolute Gasteiger partial charge is 0.276 e. The lowest BCUT2D eigenvalue weighted by Crippen LogP contribution is -2.36. The molecule has 0 saturated heterocycles. The van der Waals surface area contributed by atoms with Gasteiger partial charge in [0, 0.05) is 48.2 Å². The highest BCUT2D eigenvalue weighted by Gasteiger charge is 2.25. The Balaban J connectivity index is 1.28. The highest BCUT2D eigenvalue weighted by molar-refractivity contribution is 7.15. The van der Waals surface area contributed by atoms with E-state index in [9.17, 15) is 9.59 Å². The third-order valence-corrected chi connectivity index (χ3v) is 6.52. The average Bonchev–Trinajstić information content (AvgIpc) is 3.34. The van der Waals surface area contributed by atoms with Crippen LogP contribution in [0.15, 0.2) is 54.9 Å². The summed E-state index contributed by atoms with van der Waals surface area (Å²) in [5, 5.41) is 4.49. The van der Waals surface area contributed by atoms with Gasteiger partial charge in [0.05, 0.1) is 18.7 Å². The van der Waals surface area contributed by atoms with Crippen LogP contribution in [0.1, 0.15) is 26.6 Å². The van der Waals surface area contributed by atoms with Gasteiger partial charge in [-0.05, 0) is 23.8 Å². The van der Waals surface area contributed by atoms with Crippen LogP contribution in [0.2, 0.25) is 0 Å².